The van der Waals surface area contributed by atoms with Gasteiger partial charge in [-0.25, -0.2) is 9.78 Å². The third-order valence-corrected chi connectivity index (χ3v) is 2.98. The Morgan fingerprint density at radius 3 is 2.83 bits per heavy atom. The van der Waals surface area contributed by atoms with Crippen molar-refractivity contribution in [2.24, 2.45) is 0 Å². The lowest BCUT2D eigenvalue weighted by molar-refractivity contribution is 0.239. The first-order valence-electron chi connectivity index (χ1n) is 5.94. The molecule has 18 heavy (non-hydrogen) atoms. The molecule has 1 N–H and O–H groups in total. The van der Waals surface area contributed by atoms with E-state index in [9.17, 15) is 4.79 Å². The summed E-state index contributed by atoms with van der Waals surface area (Å²) in [6.45, 7) is 6.08. The van der Waals surface area contributed by atoms with Crippen LogP contribution >= 0.6 is 0 Å². The van der Waals surface area contributed by atoms with E-state index in [1.54, 1.807) is 12.4 Å². The fraction of sp³-hybridized carbons (Fsp3) is 0.286. The molecule has 0 bridgehead atoms. The van der Waals surface area contributed by atoms with Gasteiger partial charge in [-0.15, -0.1) is 0 Å². The fourth-order valence-electron chi connectivity index (χ4n) is 1.94. The minimum atomic E-state index is -0.166. The topological polar surface area (TPSA) is 46.9 Å². The van der Waals surface area contributed by atoms with Gasteiger partial charge < -0.3 is 5.32 Å². The summed E-state index contributed by atoms with van der Waals surface area (Å²) in [7, 11) is 0. The first-order valence-corrected chi connectivity index (χ1v) is 5.94. The predicted molar refractivity (Wildman–Crippen MR) is 70.5 cm³/mol. The van der Waals surface area contributed by atoms with Crippen LogP contribution in [-0.4, -0.2) is 15.6 Å². The summed E-state index contributed by atoms with van der Waals surface area (Å²) in [6.07, 6.45) is 4.71. The van der Waals surface area contributed by atoms with Crippen molar-refractivity contribution in [1.82, 2.24) is 14.9 Å². The Labute approximate surface area is 107 Å². The van der Waals surface area contributed by atoms with Gasteiger partial charge in [0.15, 0.2) is 0 Å². The molecule has 1 aromatic carbocycles. The number of benzene rings is 1. The molecule has 2 aromatic rings. The van der Waals surface area contributed by atoms with Crippen molar-refractivity contribution in [3.63, 3.8) is 0 Å². The number of nitrogens with zero attached hydrogens (tertiary/aromatic N) is 2. The summed E-state index contributed by atoms with van der Waals surface area (Å²) < 4.78 is 1.43. The molecule has 0 aliphatic carbocycles. The van der Waals surface area contributed by atoms with Crippen molar-refractivity contribution in [3.8, 4) is 0 Å². The number of hydrogen-bond acceptors (Lipinski definition) is 2. The Kier molecular flexibility index (Phi) is 3.46. The van der Waals surface area contributed by atoms with Crippen LogP contribution in [0, 0.1) is 13.8 Å². The number of carbonyl (C=O) groups excluding carboxylic acids is 1. The second kappa shape index (κ2) is 5.04. The van der Waals surface area contributed by atoms with Gasteiger partial charge in [0, 0.05) is 12.4 Å². The van der Waals surface area contributed by atoms with Gasteiger partial charge in [0.1, 0.15) is 6.33 Å². The minimum absolute atomic E-state index is 0.0280. The zero-order valence-electron chi connectivity index (χ0n) is 10.8. The predicted octanol–water partition coefficient (Wildman–Crippen LogP) is 2.82. The van der Waals surface area contributed by atoms with E-state index >= 15 is 0 Å². The van der Waals surface area contributed by atoms with Gasteiger partial charge in [-0.1, -0.05) is 23.8 Å². The zero-order valence-corrected chi connectivity index (χ0v) is 10.8. The number of amides is 1. The summed E-state index contributed by atoms with van der Waals surface area (Å²) in [6, 6.07) is 6.06. The summed E-state index contributed by atoms with van der Waals surface area (Å²) in [5.74, 6) is 0. The molecule has 0 aliphatic heterocycles. The van der Waals surface area contributed by atoms with Gasteiger partial charge in [-0.3, -0.25) is 4.57 Å². The number of aryl methyl sites for hydroxylation is 2. The van der Waals surface area contributed by atoms with E-state index < -0.39 is 0 Å². The molecule has 0 saturated carbocycles. The maximum atomic E-state index is 11.9. The normalized spacial score (nSPS) is 12.2. The smallest absolute Gasteiger partial charge is 0.327 e. The molecule has 1 aromatic heterocycles. The molecule has 0 fully saturated rings. The van der Waals surface area contributed by atoms with Crippen molar-refractivity contribution < 1.29 is 4.79 Å². The number of hydrogen-bond donors (Lipinski definition) is 1. The minimum Gasteiger partial charge on any atom is -0.331 e. The number of carbonyl (C=O) groups is 1. The van der Waals surface area contributed by atoms with Gasteiger partial charge in [-0.2, -0.15) is 0 Å². The Morgan fingerprint density at radius 1 is 1.39 bits per heavy atom. The van der Waals surface area contributed by atoms with Crippen LogP contribution in [0.3, 0.4) is 0 Å². The van der Waals surface area contributed by atoms with Crippen LogP contribution in [0.4, 0.5) is 4.79 Å². The second-order valence-electron chi connectivity index (χ2n) is 4.50. The Hall–Kier alpha value is -2.10. The molecular weight excluding hydrogens is 226 g/mol. The monoisotopic (exact) mass is 243 g/mol. The summed E-state index contributed by atoms with van der Waals surface area (Å²) in [5, 5.41) is 2.95. The second-order valence-corrected chi connectivity index (χ2v) is 4.50. The number of aromatic nitrogens is 2. The number of imidazole rings is 1. The van der Waals surface area contributed by atoms with E-state index in [-0.39, 0.29) is 12.1 Å². The van der Waals surface area contributed by atoms with E-state index in [1.807, 2.05) is 13.8 Å². The molecule has 4 heteroatoms. The van der Waals surface area contributed by atoms with Crippen molar-refractivity contribution in [3.05, 3.63) is 53.6 Å². The third-order valence-electron chi connectivity index (χ3n) is 2.98. The first kappa shape index (κ1) is 12.4. The summed E-state index contributed by atoms with van der Waals surface area (Å²) in [5.41, 5.74) is 3.52. The van der Waals surface area contributed by atoms with Gasteiger partial charge in [0.2, 0.25) is 0 Å². The molecule has 1 atom stereocenters. The van der Waals surface area contributed by atoms with Gasteiger partial charge in [0.25, 0.3) is 0 Å². The molecule has 0 aliphatic rings. The van der Waals surface area contributed by atoms with Gasteiger partial charge >= 0.3 is 6.03 Å². The van der Waals surface area contributed by atoms with Crippen LogP contribution < -0.4 is 5.32 Å². The van der Waals surface area contributed by atoms with E-state index in [2.05, 4.69) is 35.4 Å². The SMILES string of the molecule is Cc1ccc(C)c(C(C)NC(=O)n2ccnc2)c1. The average Bonchev–Trinajstić information content (AvgIpc) is 2.85. The van der Waals surface area contributed by atoms with Crippen molar-refractivity contribution in [2.45, 2.75) is 26.8 Å². The molecule has 1 heterocycles. The standard InChI is InChI=1S/C14H17N3O/c1-10-4-5-11(2)13(8-10)12(3)16-14(18)17-7-6-15-9-17/h4-9,12H,1-3H3,(H,16,18). The van der Waals surface area contributed by atoms with Gasteiger partial charge in [-0.05, 0) is 31.9 Å². The maximum Gasteiger partial charge on any atom is 0.327 e. The molecule has 1 amide bonds. The van der Waals surface area contributed by atoms with E-state index in [4.69, 9.17) is 0 Å². The molecule has 2 rings (SSSR count). The molecule has 0 radical (unpaired) electrons. The Balaban J connectivity index is 2.14. The summed E-state index contributed by atoms with van der Waals surface area (Å²) >= 11 is 0. The zero-order chi connectivity index (χ0) is 13.1. The van der Waals surface area contributed by atoms with Crippen molar-refractivity contribution >= 4 is 6.03 Å². The Bertz CT molecular complexity index is 546. The van der Waals surface area contributed by atoms with Gasteiger partial charge in [0.05, 0.1) is 6.04 Å². The molecule has 4 nitrogen and oxygen atoms in total. The first-order chi connectivity index (χ1) is 8.58. The van der Waals surface area contributed by atoms with Crippen LogP contribution in [-0.2, 0) is 0 Å². The highest BCUT2D eigenvalue weighted by atomic mass is 16.2. The van der Waals surface area contributed by atoms with Crippen LogP contribution in [0.1, 0.15) is 29.7 Å². The maximum absolute atomic E-state index is 11.9. The third kappa shape index (κ3) is 2.59. The van der Waals surface area contributed by atoms with E-state index in [0.717, 1.165) is 5.56 Å². The van der Waals surface area contributed by atoms with Crippen LogP contribution in [0.15, 0.2) is 36.9 Å². The molecule has 0 spiro atoms. The highest BCUT2D eigenvalue weighted by Gasteiger charge is 2.12. The molecule has 94 valence electrons. The van der Waals surface area contributed by atoms with Crippen LogP contribution in [0.25, 0.3) is 0 Å². The van der Waals surface area contributed by atoms with E-state index in [0.29, 0.717) is 0 Å². The molecule has 1 unspecified atom stereocenters. The van der Waals surface area contributed by atoms with Crippen LogP contribution in [0.5, 0.6) is 0 Å². The Morgan fingerprint density at radius 2 is 2.17 bits per heavy atom. The lowest BCUT2D eigenvalue weighted by Gasteiger charge is -2.17. The quantitative estimate of drug-likeness (QED) is 0.881. The van der Waals surface area contributed by atoms with Crippen molar-refractivity contribution in [1.29, 1.82) is 0 Å². The summed E-state index contributed by atoms with van der Waals surface area (Å²) in [4.78, 5) is 15.8. The average molecular weight is 243 g/mol. The highest BCUT2D eigenvalue weighted by molar-refractivity contribution is 5.76. The van der Waals surface area contributed by atoms with Crippen molar-refractivity contribution in [2.75, 3.05) is 0 Å². The number of rotatable bonds is 2. The highest BCUT2D eigenvalue weighted by Crippen LogP contribution is 2.18. The number of nitrogens with one attached hydrogen (secondary N) is 1. The largest absolute Gasteiger partial charge is 0.331 e. The fourth-order valence-corrected chi connectivity index (χ4v) is 1.94. The van der Waals surface area contributed by atoms with E-state index in [1.165, 1.54) is 22.0 Å². The van der Waals surface area contributed by atoms with Crippen LogP contribution in [0.2, 0.25) is 0 Å². The lowest BCUT2D eigenvalue weighted by atomic mass is 10.0. The molecule has 0 saturated heterocycles. The molecular formula is C14H17N3O. The lowest BCUT2D eigenvalue weighted by Crippen LogP contribution is -2.30.